The minimum Gasteiger partial charge on any atom is -0.322 e. The molecule has 3 amide bonds. The van der Waals surface area contributed by atoms with E-state index < -0.39 is 0 Å². The molecule has 156 valence electrons. The minimum atomic E-state index is -0.376. The monoisotopic (exact) mass is 405 g/mol. The summed E-state index contributed by atoms with van der Waals surface area (Å²) < 4.78 is 0. The van der Waals surface area contributed by atoms with E-state index in [9.17, 15) is 14.4 Å². The zero-order valence-electron chi connectivity index (χ0n) is 17.5. The van der Waals surface area contributed by atoms with Crippen LogP contribution in [0.5, 0.6) is 0 Å². The predicted molar refractivity (Wildman–Crippen MR) is 116 cm³/mol. The number of benzene rings is 2. The molecule has 6 heteroatoms. The van der Waals surface area contributed by atoms with Crippen LogP contribution in [0, 0.1) is 0 Å². The Labute approximate surface area is 176 Å². The molecule has 0 spiro atoms. The fraction of sp³-hybridized carbons (Fsp3) is 0.375. The normalized spacial score (nSPS) is 16.8. The molecule has 0 unspecified atom stereocenters. The predicted octanol–water partition coefficient (Wildman–Crippen LogP) is 3.93. The molecule has 0 aromatic heterocycles. The van der Waals surface area contributed by atoms with Gasteiger partial charge in [0, 0.05) is 30.9 Å². The van der Waals surface area contributed by atoms with Gasteiger partial charge in [0.15, 0.2) is 0 Å². The average Bonchev–Trinajstić information content (AvgIpc) is 2.99. The Morgan fingerprint density at radius 2 is 1.73 bits per heavy atom. The number of para-hydroxylation sites is 1. The number of rotatable bonds is 5. The first-order valence-corrected chi connectivity index (χ1v) is 10.5. The molecule has 0 bridgehead atoms. The first-order chi connectivity index (χ1) is 14.5. The highest BCUT2D eigenvalue weighted by Crippen LogP contribution is 2.26. The lowest BCUT2D eigenvalue weighted by Gasteiger charge is -2.31. The van der Waals surface area contributed by atoms with Gasteiger partial charge in [-0.2, -0.15) is 0 Å². The number of carbonyl (C=O) groups excluding carboxylic acids is 3. The zero-order valence-corrected chi connectivity index (χ0v) is 17.5. The topological polar surface area (TPSA) is 69.7 Å². The molecule has 1 heterocycles. The minimum absolute atomic E-state index is 0.278. The van der Waals surface area contributed by atoms with Gasteiger partial charge in [-0.25, -0.2) is 0 Å². The zero-order chi connectivity index (χ0) is 21.3. The van der Waals surface area contributed by atoms with Crippen LogP contribution < -0.4 is 5.32 Å². The van der Waals surface area contributed by atoms with Gasteiger partial charge in [-0.15, -0.1) is 0 Å². The van der Waals surface area contributed by atoms with Crippen LogP contribution in [0.1, 0.15) is 68.7 Å². The number of hydrogen-bond donors (Lipinski definition) is 1. The second-order valence-corrected chi connectivity index (χ2v) is 8.25. The first kappa shape index (κ1) is 20.3. The van der Waals surface area contributed by atoms with Gasteiger partial charge >= 0.3 is 0 Å². The quantitative estimate of drug-likeness (QED) is 0.766. The molecule has 2 aromatic rings. The van der Waals surface area contributed by atoms with Crippen LogP contribution in [-0.2, 0) is 6.54 Å². The molecule has 30 heavy (non-hydrogen) atoms. The maximum atomic E-state index is 12.9. The Balaban J connectivity index is 1.51. The van der Waals surface area contributed by atoms with Crippen molar-refractivity contribution in [2.45, 2.75) is 44.7 Å². The van der Waals surface area contributed by atoms with E-state index >= 15 is 0 Å². The van der Waals surface area contributed by atoms with Crippen LogP contribution in [0.3, 0.4) is 0 Å². The number of anilines is 1. The summed E-state index contributed by atoms with van der Waals surface area (Å²) in [7, 11) is 3.59. The van der Waals surface area contributed by atoms with Gasteiger partial charge in [0.05, 0.1) is 11.1 Å². The highest BCUT2D eigenvalue weighted by molar-refractivity contribution is 6.22. The third-order valence-electron chi connectivity index (χ3n) is 6.24. The van der Waals surface area contributed by atoms with E-state index in [2.05, 4.69) is 17.3 Å². The molecule has 1 saturated carbocycles. The molecule has 0 radical (unpaired) electrons. The number of fused-ring (bicyclic) bond motifs is 1. The highest BCUT2D eigenvalue weighted by atomic mass is 16.2. The van der Waals surface area contributed by atoms with E-state index in [0.29, 0.717) is 17.2 Å². The lowest BCUT2D eigenvalue weighted by Crippen LogP contribution is -2.33. The first-order valence-electron chi connectivity index (χ1n) is 10.5. The van der Waals surface area contributed by atoms with Crippen molar-refractivity contribution in [3.8, 4) is 0 Å². The van der Waals surface area contributed by atoms with Gasteiger partial charge in [0.25, 0.3) is 17.7 Å². The largest absolute Gasteiger partial charge is 0.322 e. The fourth-order valence-electron chi connectivity index (χ4n) is 4.40. The lowest BCUT2D eigenvalue weighted by molar-refractivity contribution is 0.0693. The number of nitrogens with one attached hydrogen (secondary N) is 1. The van der Waals surface area contributed by atoms with E-state index in [0.717, 1.165) is 22.7 Å². The second-order valence-electron chi connectivity index (χ2n) is 8.25. The fourth-order valence-corrected chi connectivity index (χ4v) is 4.40. The van der Waals surface area contributed by atoms with E-state index in [1.54, 1.807) is 12.1 Å². The molecule has 6 nitrogen and oxygen atoms in total. The van der Waals surface area contributed by atoms with Crippen molar-refractivity contribution in [1.82, 2.24) is 9.80 Å². The maximum absolute atomic E-state index is 12.9. The standard InChI is InChI=1S/C24H27N3O3/c1-26(18-9-4-3-5-10-18)15-17-8-6-7-11-21(17)25-22(28)16-12-13-19-20(14-16)24(30)27(2)23(19)29/h6-8,11-14,18H,3-5,9-10,15H2,1-2H3,(H,25,28). The van der Waals surface area contributed by atoms with Crippen LogP contribution in [-0.4, -0.2) is 47.7 Å². The van der Waals surface area contributed by atoms with Gasteiger partial charge in [0.2, 0.25) is 0 Å². The van der Waals surface area contributed by atoms with Gasteiger partial charge < -0.3 is 5.32 Å². The SMILES string of the molecule is CN1C(=O)c2ccc(C(=O)Nc3ccccc3CN(C)C3CCCCC3)cc2C1=O. The summed E-state index contributed by atoms with van der Waals surface area (Å²) in [6, 6.07) is 13.1. The van der Waals surface area contributed by atoms with Crippen molar-refractivity contribution in [1.29, 1.82) is 0 Å². The van der Waals surface area contributed by atoms with E-state index in [1.165, 1.54) is 45.2 Å². The number of nitrogens with zero attached hydrogens (tertiary/aromatic N) is 2. The van der Waals surface area contributed by atoms with Crippen molar-refractivity contribution in [2.75, 3.05) is 19.4 Å². The number of imide groups is 1. The van der Waals surface area contributed by atoms with E-state index in [4.69, 9.17) is 0 Å². The lowest BCUT2D eigenvalue weighted by atomic mass is 9.94. The summed E-state index contributed by atoms with van der Waals surface area (Å²) in [6.45, 7) is 0.767. The summed E-state index contributed by atoms with van der Waals surface area (Å²) in [4.78, 5) is 40.6. The molecule has 0 atom stereocenters. The average molecular weight is 405 g/mol. The van der Waals surface area contributed by atoms with E-state index in [1.807, 2.05) is 24.3 Å². The van der Waals surface area contributed by atoms with Crippen LogP contribution in [0.4, 0.5) is 5.69 Å². The molecule has 1 N–H and O–H groups in total. The van der Waals surface area contributed by atoms with E-state index in [-0.39, 0.29) is 23.3 Å². The van der Waals surface area contributed by atoms with Crippen molar-refractivity contribution >= 4 is 23.4 Å². The molecule has 4 rings (SSSR count). The molecule has 2 aromatic carbocycles. The molecule has 2 aliphatic rings. The summed E-state index contributed by atoms with van der Waals surface area (Å²) in [5.74, 6) is -1.00. The summed E-state index contributed by atoms with van der Waals surface area (Å²) in [6.07, 6.45) is 6.33. The van der Waals surface area contributed by atoms with Gasteiger partial charge in [-0.1, -0.05) is 37.5 Å². The third kappa shape index (κ3) is 3.87. The molecule has 0 saturated heterocycles. The second kappa shape index (κ2) is 8.40. The molecular formula is C24H27N3O3. The Kier molecular flexibility index (Phi) is 5.68. The molecular weight excluding hydrogens is 378 g/mol. The Hall–Kier alpha value is -2.99. The Morgan fingerprint density at radius 3 is 2.50 bits per heavy atom. The third-order valence-corrected chi connectivity index (χ3v) is 6.24. The number of amides is 3. The van der Waals surface area contributed by atoms with Gasteiger partial charge in [0.1, 0.15) is 0 Å². The summed E-state index contributed by atoms with van der Waals surface area (Å²) in [5.41, 5.74) is 2.81. The summed E-state index contributed by atoms with van der Waals surface area (Å²) in [5, 5.41) is 2.99. The van der Waals surface area contributed by atoms with Crippen molar-refractivity contribution in [3.05, 3.63) is 64.7 Å². The van der Waals surface area contributed by atoms with Crippen LogP contribution in [0.2, 0.25) is 0 Å². The Bertz CT molecular complexity index is 995. The van der Waals surface area contributed by atoms with Crippen LogP contribution >= 0.6 is 0 Å². The number of carbonyl (C=O) groups is 3. The maximum Gasteiger partial charge on any atom is 0.261 e. The molecule has 1 aliphatic heterocycles. The smallest absolute Gasteiger partial charge is 0.261 e. The molecule has 1 aliphatic carbocycles. The van der Waals surface area contributed by atoms with Crippen LogP contribution in [0.25, 0.3) is 0 Å². The summed E-state index contributed by atoms with van der Waals surface area (Å²) >= 11 is 0. The van der Waals surface area contributed by atoms with Gasteiger partial charge in [-0.3, -0.25) is 24.2 Å². The van der Waals surface area contributed by atoms with Crippen molar-refractivity contribution in [3.63, 3.8) is 0 Å². The van der Waals surface area contributed by atoms with Crippen molar-refractivity contribution < 1.29 is 14.4 Å². The number of hydrogen-bond acceptors (Lipinski definition) is 4. The molecule has 1 fully saturated rings. The Morgan fingerprint density at radius 1 is 1.03 bits per heavy atom. The van der Waals surface area contributed by atoms with Gasteiger partial charge in [-0.05, 0) is 49.7 Å². The highest BCUT2D eigenvalue weighted by Gasteiger charge is 2.33. The van der Waals surface area contributed by atoms with Crippen LogP contribution in [0.15, 0.2) is 42.5 Å². The van der Waals surface area contributed by atoms with Crippen molar-refractivity contribution in [2.24, 2.45) is 0 Å².